The van der Waals surface area contributed by atoms with E-state index in [4.69, 9.17) is 50.5 Å². The highest BCUT2D eigenvalue weighted by Crippen LogP contribution is 2.56. The summed E-state index contributed by atoms with van der Waals surface area (Å²) in [4.78, 5) is 11.1. The molecule has 9 heteroatoms. The minimum Gasteiger partial charge on any atom is -0.489 e. The number of hydrogen-bond donors (Lipinski definition) is 2. The Balaban J connectivity index is 1.39. The molecule has 1 aliphatic carbocycles. The molecule has 0 amide bonds. The lowest BCUT2D eigenvalue weighted by Gasteiger charge is -2.16. The Hall–Kier alpha value is -3.03. The molecule has 1 fully saturated rings. The van der Waals surface area contributed by atoms with Gasteiger partial charge in [-0.15, -0.1) is 0 Å². The van der Waals surface area contributed by atoms with Crippen molar-refractivity contribution < 1.29 is 25.6 Å². The number of benzene rings is 3. The molecule has 3 atom stereocenters. The quantitative estimate of drug-likeness (QED) is 0.221. The van der Waals surface area contributed by atoms with E-state index in [2.05, 4.69) is 5.16 Å². The zero-order valence-corrected chi connectivity index (χ0v) is 22.7. The van der Waals surface area contributed by atoms with Gasteiger partial charge in [-0.1, -0.05) is 64.2 Å². The van der Waals surface area contributed by atoms with Crippen LogP contribution in [0.2, 0.25) is 15.1 Å². The fourth-order valence-corrected chi connectivity index (χ4v) is 5.43. The molecule has 3 aromatic carbocycles. The van der Waals surface area contributed by atoms with Crippen LogP contribution in [0.4, 0.5) is 0 Å². The fourth-order valence-electron chi connectivity index (χ4n) is 4.54. The van der Waals surface area contributed by atoms with Crippen LogP contribution in [0.25, 0.3) is 11.3 Å². The van der Waals surface area contributed by atoms with Crippen LogP contribution in [0.5, 0.6) is 5.75 Å². The molecule has 0 spiro atoms. The summed E-state index contributed by atoms with van der Waals surface area (Å²) >= 11 is 19.4. The van der Waals surface area contributed by atoms with Crippen molar-refractivity contribution in [2.75, 3.05) is 0 Å². The maximum atomic E-state index is 11.1. The molecule has 196 valence electrons. The van der Waals surface area contributed by atoms with E-state index in [0.29, 0.717) is 26.4 Å². The van der Waals surface area contributed by atoms with E-state index in [1.807, 2.05) is 18.2 Å². The summed E-state index contributed by atoms with van der Waals surface area (Å²) in [6.45, 7) is 1.70. The van der Waals surface area contributed by atoms with Crippen molar-refractivity contribution in [2.24, 2.45) is 0 Å². The number of hydrogen-bond acceptors (Lipinski definition) is 5. The Morgan fingerprint density at radius 1 is 1.08 bits per heavy atom. The molecule has 0 aliphatic heterocycles. The third-order valence-corrected chi connectivity index (χ3v) is 7.50. The summed E-state index contributed by atoms with van der Waals surface area (Å²) in [5.74, 6) is -0.0989. The van der Waals surface area contributed by atoms with Crippen LogP contribution in [-0.2, 0) is 12.2 Å². The molecule has 1 saturated carbocycles. The third kappa shape index (κ3) is 5.27. The van der Waals surface area contributed by atoms with Crippen molar-refractivity contribution >= 4 is 40.8 Å². The van der Waals surface area contributed by atoms with Gasteiger partial charge in [-0.2, -0.15) is 0 Å². The highest BCUT2D eigenvalue weighted by atomic mass is 35.5. The first-order chi connectivity index (χ1) is 18.5. The Labute approximate surface area is 236 Å². The van der Waals surface area contributed by atoms with Crippen LogP contribution < -0.4 is 4.74 Å². The highest BCUT2D eigenvalue weighted by Gasteiger charge is 2.40. The fraction of sp³-hybridized carbons (Fsp3) is 0.241. The average Bonchev–Trinajstić information content (AvgIpc) is 3.52. The lowest BCUT2D eigenvalue weighted by molar-refractivity contribution is 0.0452. The summed E-state index contributed by atoms with van der Waals surface area (Å²) in [6, 6.07) is 17.1. The van der Waals surface area contributed by atoms with Gasteiger partial charge < -0.3 is 19.5 Å². The van der Waals surface area contributed by atoms with Gasteiger partial charge in [0.05, 0.1) is 22.5 Å². The molecule has 1 aliphatic rings. The summed E-state index contributed by atoms with van der Waals surface area (Å²) < 4.78 is 20.2. The van der Waals surface area contributed by atoms with Crippen molar-refractivity contribution in [1.82, 2.24) is 5.16 Å². The van der Waals surface area contributed by atoms with Crippen molar-refractivity contribution in [2.45, 2.75) is 44.3 Å². The van der Waals surface area contributed by atoms with Crippen LogP contribution in [0.3, 0.4) is 0 Å². The van der Waals surface area contributed by atoms with Gasteiger partial charge in [0.25, 0.3) is 0 Å². The molecule has 0 bridgehead atoms. The second kappa shape index (κ2) is 10.3. The normalized spacial score (nSPS) is 18.1. The molecule has 0 radical (unpaired) electrons. The van der Waals surface area contributed by atoms with Gasteiger partial charge in [-0.3, -0.25) is 0 Å². The van der Waals surface area contributed by atoms with Crippen LogP contribution in [0.1, 0.15) is 66.3 Å². The largest absolute Gasteiger partial charge is 0.489 e. The number of aliphatic hydroxyl groups is 1. The van der Waals surface area contributed by atoms with Gasteiger partial charge in [0, 0.05) is 10.6 Å². The van der Waals surface area contributed by atoms with Crippen molar-refractivity contribution in [1.29, 1.82) is 0 Å². The third-order valence-electron chi connectivity index (χ3n) is 6.54. The van der Waals surface area contributed by atoms with Crippen LogP contribution in [-0.4, -0.2) is 21.3 Å². The number of rotatable bonds is 8. The first-order valence-electron chi connectivity index (χ1n) is 12.4. The van der Waals surface area contributed by atoms with Crippen molar-refractivity contribution in [3.63, 3.8) is 0 Å². The molecule has 3 unspecified atom stereocenters. The summed E-state index contributed by atoms with van der Waals surface area (Å²) in [6.07, 6.45) is 0.894. The first kappa shape index (κ1) is 25.3. The molecule has 6 nitrogen and oxygen atoms in total. The van der Waals surface area contributed by atoms with Crippen LogP contribution in [0, 0.1) is 0 Å². The monoisotopic (exact) mass is 572 g/mol. The second-order valence-corrected chi connectivity index (χ2v) is 10.9. The van der Waals surface area contributed by atoms with Gasteiger partial charge in [0.1, 0.15) is 23.6 Å². The number of carboxylic acids is 1. The highest BCUT2D eigenvalue weighted by molar-refractivity contribution is 6.39. The Bertz CT molecular complexity index is 1530. The number of carboxylic acid groups (broad SMARTS) is 1. The van der Waals surface area contributed by atoms with E-state index in [1.165, 1.54) is 13.8 Å². The van der Waals surface area contributed by atoms with Gasteiger partial charge in [0.15, 0.2) is 5.76 Å². The van der Waals surface area contributed by atoms with E-state index < -0.39 is 18.2 Å². The minimum atomic E-state index is -1.46. The molecular weight excluding hydrogens is 549 g/mol. The lowest BCUT2D eigenvalue weighted by atomic mass is 9.98. The smallest absolute Gasteiger partial charge is 0.335 e. The Kier molecular flexibility index (Phi) is 6.82. The maximum absolute atomic E-state index is 11.1. The Morgan fingerprint density at radius 3 is 2.37 bits per heavy atom. The molecule has 1 heterocycles. The Morgan fingerprint density at radius 2 is 1.76 bits per heavy atom. The standard InChI is InChI=1S/C29H24Cl3NO5/c1-29(2,36)27-21(26(33-38-27)25-22(30)4-3-5-23(25)31)14-37-17-10-11-18(24(32)12-17)20-13-19(20)15-6-8-16(9-7-15)28(34)35/h3-12,19-20,36H,13-14H2,1-2H3,(H,34,35)/i14D. The van der Waals surface area contributed by atoms with E-state index >= 15 is 0 Å². The zero-order chi connectivity index (χ0) is 28.1. The number of ether oxygens (including phenoxy) is 1. The lowest BCUT2D eigenvalue weighted by Crippen LogP contribution is -2.17. The predicted molar refractivity (Wildman–Crippen MR) is 146 cm³/mol. The second-order valence-electron chi connectivity index (χ2n) is 9.72. The summed E-state index contributed by atoms with van der Waals surface area (Å²) in [5.41, 5.74) is 1.59. The number of aromatic nitrogens is 1. The average molecular weight is 574 g/mol. The van der Waals surface area contributed by atoms with Crippen LogP contribution >= 0.6 is 34.8 Å². The van der Waals surface area contributed by atoms with E-state index in [1.54, 1.807) is 42.5 Å². The number of carbonyl (C=O) groups is 1. The van der Waals surface area contributed by atoms with Gasteiger partial charge >= 0.3 is 5.97 Å². The molecular formula is C29H24Cl3NO5. The topological polar surface area (TPSA) is 92.8 Å². The molecule has 2 N–H and O–H groups in total. The van der Waals surface area contributed by atoms with Crippen LogP contribution in [0.15, 0.2) is 65.2 Å². The molecule has 0 saturated heterocycles. The SMILES string of the molecule is [2H]C(Oc1ccc(C2CC2c2ccc(C(=O)O)cc2)c(Cl)c1)c1c(-c2c(Cl)cccc2Cl)noc1C(C)(C)O. The van der Waals surface area contributed by atoms with Gasteiger partial charge in [-0.05, 0) is 79.6 Å². The van der Waals surface area contributed by atoms with Gasteiger partial charge in [-0.25, -0.2) is 4.79 Å². The van der Waals surface area contributed by atoms with E-state index in [0.717, 1.165) is 17.5 Å². The summed E-state index contributed by atoms with van der Waals surface area (Å²) in [5, 5.41) is 25.0. The van der Waals surface area contributed by atoms with E-state index in [-0.39, 0.29) is 34.4 Å². The van der Waals surface area contributed by atoms with E-state index in [9.17, 15) is 9.90 Å². The molecule has 5 rings (SSSR count). The number of nitrogens with zero attached hydrogens (tertiary/aromatic N) is 1. The van der Waals surface area contributed by atoms with Crippen molar-refractivity contribution in [3.05, 3.63) is 104 Å². The van der Waals surface area contributed by atoms with Gasteiger partial charge in [0.2, 0.25) is 0 Å². The maximum Gasteiger partial charge on any atom is 0.335 e. The predicted octanol–water partition coefficient (Wildman–Crippen LogP) is 8.08. The number of halogens is 3. The first-order valence-corrected chi connectivity index (χ1v) is 13.0. The molecule has 4 aromatic rings. The minimum absolute atomic E-state index is 0.0611. The molecule has 38 heavy (non-hydrogen) atoms. The van der Waals surface area contributed by atoms with Crippen molar-refractivity contribution in [3.8, 4) is 17.0 Å². The number of aromatic carboxylic acids is 1. The zero-order valence-electron chi connectivity index (χ0n) is 21.4. The summed E-state index contributed by atoms with van der Waals surface area (Å²) in [7, 11) is 0. The molecule has 1 aromatic heterocycles.